The molecule has 0 spiro atoms. The zero-order valence-corrected chi connectivity index (χ0v) is 12.2. The van der Waals surface area contributed by atoms with Gasteiger partial charge in [0.05, 0.1) is 11.0 Å². The van der Waals surface area contributed by atoms with Crippen LogP contribution in [0.25, 0.3) is 22.4 Å². The molecule has 3 aromatic rings. The summed E-state index contributed by atoms with van der Waals surface area (Å²) in [4.78, 5) is 9.20. The Hall–Kier alpha value is -1.26. The van der Waals surface area contributed by atoms with Crippen molar-refractivity contribution < 1.29 is 0 Å². The number of aromatic amines is 1. The van der Waals surface area contributed by atoms with Crippen LogP contribution < -0.4 is 0 Å². The molecule has 0 fully saturated rings. The Balaban J connectivity index is 2.07. The summed E-state index contributed by atoms with van der Waals surface area (Å²) >= 11 is 5.21. The van der Waals surface area contributed by atoms with Crippen molar-refractivity contribution in [2.45, 2.75) is 4.90 Å². The van der Waals surface area contributed by atoms with E-state index in [0.717, 1.165) is 26.9 Å². The van der Waals surface area contributed by atoms with Crippen molar-refractivity contribution in [3.05, 3.63) is 46.9 Å². The zero-order chi connectivity index (χ0) is 12.5. The molecular weight excluding hydrogens is 308 g/mol. The number of nitrogens with one attached hydrogen (secondary N) is 1. The summed E-state index contributed by atoms with van der Waals surface area (Å²) in [5, 5.41) is 0. The Kier molecular flexibility index (Phi) is 3.14. The quantitative estimate of drug-likeness (QED) is 0.693. The zero-order valence-electron chi connectivity index (χ0n) is 9.77. The van der Waals surface area contributed by atoms with Gasteiger partial charge >= 0.3 is 0 Å². The van der Waals surface area contributed by atoms with E-state index in [0.29, 0.717) is 0 Å². The molecule has 0 aliphatic rings. The van der Waals surface area contributed by atoms with Crippen LogP contribution in [-0.4, -0.2) is 16.2 Å². The van der Waals surface area contributed by atoms with Crippen molar-refractivity contribution in [2.24, 2.45) is 0 Å². The first-order chi connectivity index (χ1) is 8.76. The first-order valence-corrected chi connectivity index (χ1v) is 7.58. The van der Waals surface area contributed by atoms with Gasteiger partial charge in [-0.25, -0.2) is 4.98 Å². The molecule has 0 saturated heterocycles. The number of benzene rings is 2. The van der Waals surface area contributed by atoms with Crippen LogP contribution in [0.1, 0.15) is 0 Å². The first-order valence-electron chi connectivity index (χ1n) is 5.56. The van der Waals surface area contributed by atoms with E-state index >= 15 is 0 Å². The van der Waals surface area contributed by atoms with Gasteiger partial charge in [0, 0.05) is 14.9 Å². The number of H-pyrrole nitrogens is 1. The standard InChI is InChI=1S/C14H11BrN2S/c1-18-11-5-2-9(3-6-11)14-16-12-7-4-10(15)8-13(12)17-14/h2-8H,1H3,(H,16,17). The summed E-state index contributed by atoms with van der Waals surface area (Å²) < 4.78 is 1.06. The fraction of sp³-hybridized carbons (Fsp3) is 0.0714. The molecule has 2 aromatic carbocycles. The summed E-state index contributed by atoms with van der Waals surface area (Å²) in [7, 11) is 0. The Bertz CT molecular complexity index is 689. The maximum Gasteiger partial charge on any atom is 0.138 e. The van der Waals surface area contributed by atoms with Crippen LogP contribution >= 0.6 is 27.7 Å². The average molecular weight is 319 g/mol. The number of halogens is 1. The van der Waals surface area contributed by atoms with Crippen molar-refractivity contribution in [3.8, 4) is 11.4 Å². The Morgan fingerprint density at radius 3 is 2.61 bits per heavy atom. The number of hydrogen-bond donors (Lipinski definition) is 1. The first kappa shape index (κ1) is 11.8. The molecule has 0 aliphatic heterocycles. The summed E-state index contributed by atoms with van der Waals surface area (Å²) in [6.07, 6.45) is 2.08. The summed E-state index contributed by atoms with van der Waals surface area (Å²) in [6.45, 7) is 0. The lowest BCUT2D eigenvalue weighted by Crippen LogP contribution is -1.79. The molecule has 3 rings (SSSR count). The summed E-state index contributed by atoms with van der Waals surface area (Å²) in [6, 6.07) is 14.5. The molecule has 18 heavy (non-hydrogen) atoms. The molecule has 0 unspecified atom stereocenters. The molecule has 4 heteroatoms. The van der Waals surface area contributed by atoms with Crippen molar-refractivity contribution in [1.82, 2.24) is 9.97 Å². The highest BCUT2D eigenvalue weighted by atomic mass is 79.9. The molecule has 0 bridgehead atoms. The molecule has 0 atom stereocenters. The van der Waals surface area contributed by atoms with Crippen LogP contribution in [0.5, 0.6) is 0 Å². The molecule has 2 nitrogen and oxygen atoms in total. The van der Waals surface area contributed by atoms with Crippen LogP contribution in [-0.2, 0) is 0 Å². The maximum atomic E-state index is 4.60. The summed E-state index contributed by atoms with van der Waals surface area (Å²) in [5.74, 6) is 0.913. The van der Waals surface area contributed by atoms with Gasteiger partial charge in [-0.3, -0.25) is 0 Å². The molecule has 1 aromatic heterocycles. The third kappa shape index (κ3) is 2.18. The van der Waals surface area contributed by atoms with Gasteiger partial charge in [0.2, 0.25) is 0 Å². The topological polar surface area (TPSA) is 28.7 Å². The van der Waals surface area contributed by atoms with Gasteiger partial charge in [0.15, 0.2) is 0 Å². The Labute approximate surface area is 118 Å². The van der Waals surface area contributed by atoms with Gasteiger partial charge < -0.3 is 4.98 Å². The lowest BCUT2D eigenvalue weighted by Gasteiger charge is -1.98. The Morgan fingerprint density at radius 2 is 1.89 bits per heavy atom. The lowest BCUT2D eigenvalue weighted by molar-refractivity contribution is 1.32. The fourth-order valence-corrected chi connectivity index (χ4v) is 2.64. The second-order valence-corrected chi connectivity index (χ2v) is 5.77. The predicted octanol–water partition coefficient (Wildman–Crippen LogP) is 4.71. The molecule has 90 valence electrons. The minimum absolute atomic E-state index is 0.913. The van der Waals surface area contributed by atoms with Crippen LogP contribution in [0.4, 0.5) is 0 Å². The highest BCUT2D eigenvalue weighted by Gasteiger charge is 2.05. The van der Waals surface area contributed by atoms with Gasteiger partial charge in [-0.1, -0.05) is 28.1 Å². The van der Waals surface area contributed by atoms with Crippen LogP contribution in [0, 0.1) is 0 Å². The number of hydrogen-bond acceptors (Lipinski definition) is 2. The number of thioether (sulfide) groups is 1. The van der Waals surface area contributed by atoms with Crippen molar-refractivity contribution in [3.63, 3.8) is 0 Å². The molecule has 0 radical (unpaired) electrons. The van der Waals surface area contributed by atoms with Gasteiger partial charge in [-0.2, -0.15) is 0 Å². The monoisotopic (exact) mass is 318 g/mol. The molecule has 0 amide bonds. The highest BCUT2D eigenvalue weighted by molar-refractivity contribution is 9.10. The minimum Gasteiger partial charge on any atom is -0.338 e. The van der Waals surface area contributed by atoms with Gasteiger partial charge in [0.1, 0.15) is 5.82 Å². The average Bonchev–Trinajstić information content (AvgIpc) is 2.81. The van der Waals surface area contributed by atoms with E-state index in [4.69, 9.17) is 0 Å². The second-order valence-electron chi connectivity index (χ2n) is 3.98. The van der Waals surface area contributed by atoms with Crippen molar-refractivity contribution >= 4 is 38.7 Å². The van der Waals surface area contributed by atoms with Crippen LogP contribution in [0.2, 0.25) is 0 Å². The number of aromatic nitrogens is 2. The van der Waals surface area contributed by atoms with Crippen LogP contribution in [0.3, 0.4) is 0 Å². The predicted molar refractivity (Wildman–Crippen MR) is 81.0 cm³/mol. The normalized spacial score (nSPS) is 11.0. The van der Waals surface area contributed by atoms with Crippen molar-refractivity contribution in [2.75, 3.05) is 6.26 Å². The van der Waals surface area contributed by atoms with E-state index in [1.807, 2.05) is 18.2 Å². The number of imidazole rings is 1. The van der Waals surface area contributed by atoms with E-state index in [2.05, 4.69) is 56.4 Å². The van der Waals surface area contributed by atoms with E-state index in [1.165, 1.54) is 4.90 Å². The Morgan fingerprint density at radius 1 is 1.11 bits per heavy atom. The van der Waals surface area contributed by atoms with E-state index in [9.17, 15) is 0 Å². The van der Waals surface area contributed by atoms with E-state index in [-0.39, 0.29) is 0 Å². The second kappa shape index (κ2) is 4.78. The van der Waals surface area contributed by atoms with Crippen molar-refractivity contribution in [1.29, 1.82) is 0 Å². The van der Waals surface area contributed by atoms with E-state index < -0.39 is 0 Å². The maximum absolute atomic E-state index is 4.60. The lowest BCUT2D eigenvalue weighted by atomic mass is 10.2. The third-order valence-corrected chi connectivity index (χ3v) is 4.04. The molecule has 0 saturated carbocycles. The van der Waals surface area contributed by atoms with E-state index in [1.54, 1.807) is 11.8 Å². The van der Waals surface area contributed by atoms with Gasteiger partial charge in [0.25, 0.3) is 0 Å². The highest BCUT2D eigenvalue weighted by Crippen LogP contribution is 2.24. The number of fused-ring (bicyclic) bond motifs is 1. The number of rotatable bonds is 2. The molecular formula is C14H11BrN2S. The van der Waals surface area contributed by atoms with Gasteiger partial charge in [-0.15, -0.1) is 11.8 Å². The fourth-order valence-electron chi connectivity index (χ4n) is 1.87. The molecule has 0 aliphatic carbocycles. The molecule has 1 heterocycles. The minimum atomic E-state index is 0.913. The third-order valence-electron chi connectivity index (χ3n) is 2.81. The molecule has 1 N–H and O–H groups in total. The van der Waals surface area contributed by atoms with Crippen LogP contribution in [0.15, 0.2) is 51.8 Å². The SMILES string of the molecule is CSc1ccc(-c2nc3ccc(Br)cc3[nH]2)cc1. The van der Waals surface area contributed by atoms with Gasteiger partial charge in [-0.05, 0) is 36.6 Å². The number of nitrogens with zero attached hydrogens (tertiary/aromatic N) is 1. The smallest absolute Gasteiger partial charge is 0.138 e. The summed E-state index contributed by atoms with van der Waals surface area (Å²) in [5.41, 5.74) is 3.15. The largest absolute Gasteiger partial charge is 0.338 e.